The molecule has 142 valence electrons. The highest BCUT2D eigenvalue weighted by Crippen LogP contribution is 2.16. The Hall–Kier alpha value is -2.32. The average Bonchev–Trinajstić information content (AvgIpc) is 3.34. The van der Waals surface area contributed by atoms with Crippen LogP contribution in [0.25, 0.3) is 0 Å². The summed E-state index contributed by atoms with van der Waals surface area (Å²) >= 11 is 0. The van der Waals surface area contributed by atoms with Crippen LogP contribution in [0.3, 0.4) is 0 Å². The molecule has 2 amide bonds. The van der Waals surface area contributed by atoms with Gasteiger partial charge in [-0.2, -0.15) is 0 Å². The maximum Gasteiger partial charge on any atom is 0.411 e. The Morgan fingerprint density at radius 3 is 1.62 bits per heavy atom. The topological polar surface area (TPSA) is 95.1 Å². The van der Waals surface area contributed by atoms with Gasteiger partial charge in [0, 0.05) is 24.6 Å². The molecule has 2 aliphatic heterocycles. The van der Waals surface area contributed by atoms with E-state index in [0.29, 0.717) is 11.4 Å². The third-order valence-corrected chi connectivity index (χ3v) is 4.23. The van der Waals surface area contributed by atoms with Gasteiger partial charge in [0.2, 0.25) is 0 Å². The number of ether oxygens (including phenoxy) is 4. The highest BCUT2D eigenvalue weighted by molar-refractivity contribution is 5.87. The normalized spacial score (nSPS) is 22.0. The maximum atomic E-state index is 11.8. The van der Waals surface area contributed by atoms with E-state index >= 15 is 0 Å². The minimum Gasteiger partial charge on any atom is -0.447 e. The molecular formula is C18H24N2O6. The summed E-state index contributed by atoms with van der Waals surface area (Å²) in [5, 5.41) is 5.26. The number of hydrogen-bond donors (Lipinski definition) is 2. The van der Waals surface area contributed by atoms with Crippen LogP contribution in [0.5, 0.6) is 0 Å². The second kappa shape index (κ2) is 9.40. The van der Waals surface area contributed by atoms with Crippen LogP contribution < -0.4 is 10.6 Å². The van der Waals surface area contributed by atoms with Gasteiger partial charge >= 0.3 is 12.2 Å². The predicted molar refractivity (Wildman–Crippen MR) is 94.3 cm³/mol. The van der Waals surface area contributed by atoms with Gasteiger partial charge in [0.1, 0.15) is 13.2 Å². The lowest BCUT2D eigenvalue weighted by Crippen LogP contribution is -2.22. The smallest absolute Gasteiger partial charge is 0.411 e. The molecule has 2 unspecified atom stereocenters. The molecule has 0 radical (unpaired) electrons. The zero-order valence-electron chi connectivity index (χ0n) is 14.6. The van der Waals surface area contributed by atoms with Crippen molar-refractivity contribution in [1.82, 2.24) is 0 Å². The third-order valence-electron chi connectivity index (χ3n) is 4.23. The maximum absolute atomic E-state index is 11.8. The van der Waals surface area contributed by atoms with E-state index < -0.39 is 12.2 Å². The number of amides is 2. The highest BCUT2D eigenvalue weighted by Gasteiger charge is 2.18. The molecule has 2 N–H and O–H groups in total. The Balaban J connectivity index is 1.36. The Bertz CT molecular complexity index is 541. The van der Waals surface area contributed by atoms with Crippen molar-refractivity contribution in [3.05, 3.63) is 24.3 Å². The lowest BCUT2D eigenvalue weighted by Gasteiger charge is -2.12. The second-order valence-corrected chi connectivity index (χ2v) is 6.29. The molecule has 26 heavy (non-hydrogen) atoms. The first-order valence-corrected chi connectivity index (χ1v) is 8.90. The first-order valence-electron chi connectivity index (χ1n) is 8.90. The molecule has 3 rings (SSSR count). The van der Waals surface area contributed by atoms with Crippen LogP contribution >= 0.6 is 0 Å². The molecule has 1 aromatic carbocycles. The fraction of sp³-hybridized carbons (Fsp3) is 0.556. The quantitative estimate of drug-likeness (QED) is 0.805. The van der Waals surface area contributed by atoms with Gasteiger partial charge < -0.3 is 18.9 Å². The Morgan fingerprint density at radius 2 is 1.27 bits per heavy atom. The van der Waals surface area contributed by atoms with Gasteiger partial charge in [-0.1, -0.05) is 0 Å². The molecule has 2 saturated heterocycles. The van der Waals surface area contributed by atoms with Crippen molar-refractivity contribution in [3.8, 4) is 0 Å². The molecule has 0 aliphatic carbocycles. The molecule has 0 bridgehead atoms. The van der Waals surface area contributed by atoms with Crippen molar-refractivity contribution < 1.29 is 28.5 Å². The van der Waals surface area contributed by atoms with Crippen LogP contribution in [-0.4, -0.2) is 50.8 Å². The van der Waals surface area contributed by atoms with E-state index in [1.54, 1.807) is 24.3 Å². The minimum absolute atomic E-state index is 0.00651. The number of nitrogens with one attached hydrogen (secondary N) is 2. The minimum atomic E-state index is -0.530. The highest BCUT2D eigenvalue weighted by atomic mass is 16.6. The SMILES string of the molecule is O=C(Nc1ccc(NC(=O)OCC2CCCO2)cc1)OCC1CCCO1. The van der Waals surface area contributed by atoms with Crippen molar-refractivity contribution >= 4 is 23.6 Å². The summed E-state index contributed by atoms with van der Waals surface area (Å²) in [6, 6.07) is 6.68. The molecule has 0 saturated carbocycles. The third kappa shape index (κ3) is 5.89. The van der Waals surface area contributed by atoms with Gasteiger partial charge in [-0.3, -0.25) is 10.6 Å². The standard InChI is InChI=1S/C18H24N2O6/c21-17(25-11-15-3-1-9-23-15)19-13-5-7-14(8-6-13)20-18(22)26-12-16-4-2-10-24-16/h5-8,15-16H,1-4,9-12H2,(H,19,21)(H,20,22). The molecule has 0 spiro atoms. The molecule has 8 nitrogen and oxygen atoms in total. The van der Waals surface area contributed by atoms with Crippen molar-refractivity contribution in [2.75, 3.05) is 37.1 Å². The summed E-state index contributed by atoms with van der Waals surface area (Å²) in [6.45, 7) is 1.95. The fourth-order valence-electron chi connectivity index (χ4n) is 2.83. The number of carbonyl (C=O) groups is 2. The molecule has 1 aromatic rings. The molecule has 8 heteroatoms. The first-order chi connectivity index (χ1) is 12.7. The number of rotatable bonds is 6. The Kier molecular flexibility index (Phi) is 6.68. The van der Waals surface area contributed by atoms with E-state index in [9.17, 15) is 9.59 Å². The van der Waals surface area contributed by atoms with Gasteiger partial charge in [-0.05, 0) is 49.9 Å². The van der Waals surface area contributed by atoms with Crippen molar-refractivity contribution in [2.24, 2.45) is 0 Å². The van der Waals surface area contributed by atoms with Gasteiger partial charge in [0.15, 0.2) is 0 Å². The fourth-order valence-corrected chi connectivity index (χ4v) is 2.83. The second-order valence-electron chi connectivity index (χ2n) is 6.29. The molecule has 2 fully saturated rings. The van der Waals surface area contributed by atoms with E-state index in [1.807, 2.05) is 0 Å². The van der Waals surface area contributed by atoms with E-state index in [1.165, 1.54) is 0 Å². The van der Waals surface area contributed by atoms with Crippen LogP contribution in [0, 0.1) is 0 Å². The van der Waals surface area contributed by atoms with E-state index in [0.717, 1.165) is 38.9 Å². The first kappa shape index (κ1) is 18.5. The lowest BCUT2D eigenvalue weighted by molar-refractivity contribution is 0.0484. The number of anilines is 2. The van der Waals surface area contributed by atoms with E-state index in [2.05, 4.69) is 10.6 Å². The Morgan fingerprint density at radius 1 is 0.846 bits per heavy atom. The summed E-state index contributed by atoms with van der Waals surface area (Å²) < 4.78 is 21.0. The van der Waals surface area contributed by atoms with Crippen molar-refractivity contribution in [1.29, 1.82) is 0 Å². The summed E-state index contributed by atoms with van der Waals surface area (Å²) in [6.07, 6.45) is 2.75. The van der Waals surface area contributed by atoms with Crippen molar-refractivity contribution in [2.45, 2.75) is 37.9 Å². The zero-order valence-corrected chi connectivity index (χ0v) is 14.6. The van der Waals surface area contributed by atoms with Gasteiger partial charge in [0.05, 0.1) is 12.2 Å². The van der Waals surface area contributed by atoms with Crippen LogP contribution in [0.15, 0.2) is 24.3 Å². The summed E-state index contributed by atoms with van der Waals surface area (Å²) in [5.41, 5.74) is 1.14. The van der Waals surface area contributed by atoms with Crippen LogP contribution in [0.2, 0.25) is 0 Å². The number of carbonyl (C=O) groups excluding carboxylic acids is 2. The summed E-state index contributed by atoms with van der Waals surface area (Å²) in [7, 11) is 0. The largest absolute Gasteiger partial charge is 0.447 e. The Labute approximate surface area is 152 Å². The van der Waals surface area contributed by atoms with Gasteiger partial charge in [-0.15, -0.1) is 0 Å². The molecule has 2 atom stereocenters. The zero-order chi connectivity index (χ0) is 18.2. The van der Waals surface area contributed by atoms with Crippen LogP contribution in [0.1, 0.15) is 25.7 Å². The monoisotopic (exact) mass is 364 g/mol. The van der Waals surface area contributed by atoms with Crippen molar-refractivity contribution in [3.63, 3.8) is 0 Å². The lowest BCUT2D eigenvalue weighted by atomic mass is 10.2. The summed E-state index contributed by atoms with van der Waals surface area (Å²) in [4.78, 5) is 23.5. The van der Waals surface area contributed by atoms with Gasteiger partial charge in [0.25, 0.3) is 0 Å². The van der Waals surface area contributed by atoms with E-state index in [4.69, 9.17) is 18.9 Å². The van der Waals surface area contributed by atoms with E-state index in [-0.39, 0.29) is 25.4 Å². The van der Waals surface area contributed by atoms with Gasteiger partial charge in [-0.25, -0.2) is 9.59 Å². The number of benzene rings is 1. The predicted octanol–water partition coefficient (Wildman–Crippen LogP) is 3.14. The van der Waals surface area contributed by atoms with Crippen LogP contribution in [-0.2, 0) is 18.9 Å². The average molecular weight is 364 g/mol. The molecule has 0 aromatic heterocycles. The molecular weight excluding hydrogens is 340 g/mol. The molecule has 2 aliphatic rings. The number of hydrogen-bond acceptors (Lipinski definition) is 6. The summed E-state index contributed by atoms with van der Waals surface area (Å²) in [5.74, 6) is 0. The molecule has 2 heterocycles. The van der Waals surface area contributed by atoms with Crippen LogP contribution in [0.4, 0.5) is 21.0 Å².